The van der Waals surface area contributed by atoms with Crippen molar-refractivity contribution < 1.29 is 9.15 Å². The molecule has 0 unspecified atom stereocenters. The minimum Gasteiger partial charge on any atom is -0.467 e. The van der Waals surface area contributed by atoms with Gasteiger partial charge in [0.1, 0.15) is 12.4 Å². The lowest BCUT2D eigenvalue weighted by Gasteiger charge is -2.20. The summed E-state index contributed by atoms with van der Waals surface area (Å²) in [5.41, 5.74) is 1.33. The van der Waals surface area contributed by atoms with E-state index in [1.165, 1.54) is 31.2 Å². The third-order valence-corrected chi connectivity index (χ3v) is 3.71. The van der Waals surface area contributed by atoms with Gasteiger partial charge in [0.2, 0.25) is 0 Å². The molecular weight excluding hydrogens is 238 g/mol. The Balaban J connectivity index is 1.75. The van der Waals surface area contributed by atoms with E-state index in [-0.39, 0.29) is 5.54 Å². The Bertz CT molecular complexity index is 372. The van der Waals surface area contributed by atoms with Gasteiger partial charge in [0, 0.05) is 24.3 Å². The van der Waals surface area contributed by atoms with E-state index in [1.807, 2.05) is 6.07 Å². The van der Waals surface area contributed by atoms with Crippen LogP contribution in [0.15, 0.2) is 16.7 Å². The van der Waals surface area contributed by atoms with E-state index in [2.05, 4.69) is 26.1 Å². The fraction of sp³-hybridized carbons (Fsp3) is 0.750. The lowest BCUT2D eigenvalue weighted by molar-refractivity contribution is 0.0764. The van der Waals surface area contributed by atoms with Crippen molar-refractivity contribution in [1.82, 2.24) is 5.32 Å². The number of hydrogen-bond donors (Lipinski definition) is 1. The van der Waals surface area contributed by atoms with Gasteiger partial charge in [-0.3, -0.25) is 0 Å². The first-order valence-corrected chi connectivity index (χ1v) is 7.42. The molecule has 1 aliphatic carbocycles. The summed E-state index contributed by atoms with van der Waals surface area (Å²) >= 11 is 0. The lowest BCUT2D eigenvalue weighted by Crippen LogP contribution is -2.35. The van der Waals surface area contributed by atoms with Gasteiger partial charge in [-0.25, -0.2) is 0 Å². The Hall–Kier alpha value is -0.800. The quantitative estimate of drug-likeness (QED) is 0.847. The Morgan fingerprint density at radius 3 is 2.74 bits per heavy atom. The van der Waals surface area contributed by atoms with Crippen LogP contribution < -0.4 is 5.32 Å². The Morgan fingerprint density at radius 1 is 1.32 bits per heavy atom. The second-order valence-electron chi connectivity index (χ2n) is 6.64. The third kappa shape index (κ3) is 5.00. The number of hydrogen-bond acceptors (Lipinski definition) is 3. The zero-order chi connectivity index (χ0) is 13.7. The van der Waals surface area contributed by atoms with E-state index in [4.69, 9.17) is 9.15 Å². The Labute approximate surface area is 116 Å². The smallest absolute Gasteiger partial charge is 0.133 e. The highest BCUT2D eigenvalue weighted by molar-refractivity contribution is 5.16. The SMILES string of the molecule is CC(C)(C)NCc1ccoc1COCC1CCCC1. The van der Waals surface area contributed by atoms with Gasteiger partial charge >= 0.3 is 0 Å². The molecule has 0 aliphatic heterocycles. The molecule has 1 aromatic heterocycles. The highest BCUT2D eigenvalue weighted by atomic mass is 16.5. The number of furan rings is 1. The molecule has 0 aromatic carbocycles. The van der Waals surface area contributed by atoms with Crippen LogP contribution in [-0.2, 0) is 17.9 Å². The van der Waals surface area contributed by atoms with Crippen molar-refractivity contribution in [3.05, 3.63) is 23.7 Å². The first-order chi connectivity index (χ1) is 9.04. The van der Waals surface area contributed by atoms with Crippen molar-refractivity contribution in [1.29, 1.82) is 0 Å². The van der Waals surface area contributed by atoms with Crippen molar-refractivity contribution in [2.24, 2.45) is 5.92 Å². The van der Waals surface area contributed by atoms with Crippen molar-refractivity contribution in [3.8, 4) is 0 Å². The molecule has 19 heavy (non-hydrogen) atoms. The van der Waals surface area contributed by atoms with E-state index >= 15 is 0 Å². The molecule has 1 fully saturated rings. The van der Waals surface area contributed by atoms with Gasteiger partial charge in [-0.2, -0.15) is 0 Å². The number of ether oxygens (including phenoxy) is 1. The van der Waals surface area contributed by atoms with Crippen LogP contribution in [0.3, 0.4) is 0 Å². The molecule has 3 nitrogen and oxygen atoms in total. The standard InChI is InChI=1S/C16H27NO2/c1-16(2,3)17-10-14-8-9-19-15(14)12-18-11-13-6-4-5-7-13/h8-9,13,17H,4-7,10-12H2,1-3H3. The van der Waals surface area contributed by atoms with Crippen LogP contribution in [0, 0.1) is 5.92 Å². The van der Waals surface area contributed by atoms with Gasteiger partial charge < -0.3 is 14.5 Å². The van der Waals surface area contributed by atoms with Crippen LogP contribution in [0.2, 0.25) is 0 Å². The normalized spacial score (nSPS) is 17.2. The average molecular weight is 265 g/mol. The average Bonchev–Trinajstić information content (AvgIpc) is 2.96. The van der Waals surface area contributed by atoms with Crippen LogP contribution in [0.4, 0.5) is 0 Å². The van der Waals surface area contributed by atoms with Crippen molar-refractivity contribution in [3.63, 3.8) is 0 Å². The predicted molar refractivity (Wildman–Crippen MR) is 76.9 cm³/mol. The zero-order valence-electron chi connectivity index (χ0n) is 12.5. The number of nitrogens with one attached hydrogen (secondary N) is 1. The summed E-state index contributed by atoms with van der Waals surface area (Å²) in [6.45, 7) is 8.83. The van der Waals surface area contributed by atoms with Gasteiger partial charge in [-0.15, -0.1) is 0 Å². The summed E-state index contributed by atoms with van der Waals surface area (Å²) in [7, 11) is 0. The molecular formula is C16H27NO2. The molecule has 1 heterocycles. The van der Waals surface area contributed by atoms with Crippen LogP contribution in [0.5, 0.6) is 0 Å². The maximum Gasteiger partial charge on any atom is 0.133 e. The fourth-order valence-corrected chi connectivity index (χ4v) is 2.51. The van der Waals surface area contributed by atoms with E-state index in [1.54, 1.807) is 6.26 Å². The lowest BCUT2D eigenvalue weighted by atomic mass is 10.1. The van der Waals surface area contributed by atoms with Crippen molar-refractivity contribution in [2.75, 3.05) is 6.61 Å². The minimum atomic E-state index is 0.124. The summed E-state index contributed by atoms with van der Waals surface area (Å²) in [4.78, 5) is 0. The molecule has 0 bridgehead atoms. The van der Waals surface area contributed by atoms with Crippen molar-refractivity contribution >= 4 is 0 Å². The zero-order valence-corrected chi connectivity index (χ0v) is 12.5. The first-order valence-electron chi connectivity index (χ1n) is 7.42. The minimum absolute atomic E-state index is 0.124. The molecule has 1 N–H and O–H groups in total. The molecule has 1 aliphatic rings. The van der Waals surface area contributed by atoms with Gasteiger partial charge in [0.05, 0.1) is 6.26 Å². The Kier molecular flexibility index (Phi) is 5.06. The van der Waals surface area contributed by atoms with E-state index < -0.39 is 0 Å². The highest BCUT2D eigenvalue weighted by Crippen LogP contribution is 2.25. The molecule has 0 saturated heterocycles. The summed E-state index contributed by atoms with van der Waals surface area (Å²) in [6.07, 6.45) is 7.16. The Morgan fingerprint density at radius 2 is 2.05 bits per heavy atom. The van der Waals surface area contributed by atoms with E-state index in [9.17, 15) is 0 Å². The molecule has 1 saturated carbocycles. The third-order valence-electron chi connectivity index (χ3n) is 3.71. The second kappa shape index (κ2) is 6.58. The molecule has 3 heteroatoms. The maximum absolute atomic E-state index is 5.81. The largest absolute Gasteiger partial charge is 0.467 e. The van der Waals surface area contributed by atoms with Gasteiger partial charge in [0.25, 0.3) is 0 Å². The topological polar surface area (TPSA) is 34.4 Å². The van der Waals surface area contributed by atoms with Gasteiger partial charge in [-0.05, 0) is 45.6 Å². The van der Waals surface area contributed by atoms with E-state index in [0.29, 0.717) is 6.61 Å². The first kappa shape index (κ1) is 14.6. The van der Waals surface area contributed by atoms with Crippen LogP contribution in [0.25, 0.3) is 0 Å². The molecule has 108 valence electrons. The van der Waals surface area contributed by atoms with Crippen molar-refractivity contribution in [2.45, 2.75) is 65.1 Å². The molecule has 0 radical (unpaired) electrons. The summed E-state index contributed by atoms with van der Waals surface area (Å²) < 4.78 is 11.3. The maximum atomic E-state index is 5.81. The van der Waals surface area contributed by atoms with E-state index in [0.717, 1.165) is 24.8 Å². The van der Waals surface area contributed by atoms with Gasteiger partial charge in [0.15, 0.2) is 0 Å². The van der Waals surface area contributed by atoms with Gasteiger partial charge in [-0.1, -0.05) is 12.8 Å². The van der Waals surface area contributed by atoms with Crippen LogP contribution in [-0.4, -0.2) is 12.1 Å². The highest BCUT2D eigenvalue weighted by Gasteiger charge is 2.16. The molecule has 2 rings (SSSR count). The molecule has 0 atom stereocenters. The fourth-order valence-electron chi connectivity index (χ4n) is 2.51. The van der Waals surface area contributed by atoms with Crippen LogP contribution >= 0.6 is 0 Å². The second-order valence-corrected chi connectivity index (χ2v) is 6.64. The molecule has 0 amide bonds. The summed E-state index contributed by atoms with van der Waals surface area (Å²) in [6, 6.07) is 2.03. The van der Waals surface area contributed by atoms with Crippen LogP contribution in [0.1, 0.15) is 57.8 Å². The summed E-state index contributed by atoms with van der Waals surface area (Å²) in [5.74, 6) is 1.74. The number of rotatable bonds is 6. The molecule has 1 aromatic rings. The molecule has 0 spiro atoms. The predicted octanol–water partition coefficient (Wildman–Crippen LogP) is 3.87. The monoisotopic (exact) mass is 265 g/mol. The summed E-state index contributed by atoms with van der Waals surface area (Å²) in [5, 5.41) is 3.48.